The number of rotatable bonds is 11. The van der Waals surface area contributed by atoms with E-state index in [-0.39, 0.29) is 30.8 Å². The molecule has 0 radical (unpaired) electrons. The average molecular weight is 812 g/mol. The van der Waals surface area contributed by atoms with E-state index in [1.165, 1.54) is 14.0 Å². The number of aromatic nitrogens is 3. The minimum absolute atomic E-state index is 0.130. The zero-order valence-corrected chi connectivity index (χ0v) is 36.1. The molecule has 3 fully saturated rings. The van der Waals surface area contributed by atoms with Gasteiger partial charge in [-0.3, -0.25) is 19.4 Å². The van der Waals surface area contributed by atoms with E-state index in [1.807, 2.05) is 62.7 Å². The average Bonchev–Trinajstić information content (AvgIpc) is 3.78. The second-order valence-electron chi connectivity index (χ2n) is 17.3. The molecule has 1 amide bonds. The number of hydrogen-bond acceptors (Lipinski definition) is 13. The number of carbonyl (C=O) groups excluding carboxylic acids is 4. The van der Waals surface area contributed by atoms with Crippen molar-refractivity contribution in [2.45, 2.75) is 148 Å². The van der Waals surface area contributed by atoms with Gasteiger partial charge in [0.1, 0.15) is 23.9 Å². The molecule has 5 rings (SSSR count). The van der Waals surface area contributed by atoms with E-state index in [4.69, 9.17) is 23.7 Å². The van der Waals surface area contributed by atoms with E-state index in [0.717, 1.165) is 11.3 Å². The first kappa shape index (κ1) is 45.3. The number of carbonyl (C=O) groups is 4. The summed E-state index contributed by atoms with van der Waals surface area (Å²) in [4.78, 5) is 69.0. The number of esters is 1. The van der Waals surface area contributed by atoms with Gasteiger partial charge in [-0.05, 0) is 86.0 Å². The van der Waals surface area contributed by atoms with Crippen LogP contribution in [-0.4, -0.2) is 135 Å². The number of aryl methyl sites for hydroxylation is 1. The fourth-order valence-corrected chi connectivity index (χ4v) is 9.43. The molecule has 322 valence electrons. The Morgan fingerprint density at radius 2 is 1.72 bits per heavy atom. The summed E-state index contributed by atoms with van der Waals surface area (Å²) in [5, 5.41) is 11.4. The lowest BCUT2D eigenvalue weighted by atomic mass is 9.73. The number of methoxy groups -OCH3 is 1. The number of Topliss-reactive ketones (excluding diaryl/α,β-unsaturated/α-hetero) is 2. The number of ether oxygens (including phenoxy) is 5. The van der Waals surface area contributed by atoms with Crippen molar-refractivity contribution >= 4 is 23.6 Å². The highest BCUT2D eigenvalue weighted by Crippen LogP contribution is 2.43. The normalized spacial score (nSPS) is 36.7. The van der Waals surface area contributed by atoms with E-state index in [1.54, 1.807) is 51.3 Å². The molecule has 1 N–H and O–H groups in total. The Hall–Kier alpha value is -3.76. The fraction of sp³-hybridized carbons (Fsp3) is 0.721. The quantitative estimate of drug-likeness (QED) is 0.184. The molecule has 2 aromatic heterocycles. The number of aliphatic hydroxyl groups excluding tert-OH is 1. The van der Waals surface area contributed by atoms with Crippen molar-refractivity contribution in [3.63, 3.8) is 0 Å². The van der Waals surface area contributed by atoms with Gasteiger partial charge in [-0.15, -0.1) is 0 Å². The van der Waals surface area contributed by atoms with Crippen LogP contribution in [0.25, 0.3) is 11.3 Å². The predicted molar refractivity (Wildman–Crippen MR) is 214 cm³/mol. The Morgan fingerprint density at radius 3 is 2.36 bits per heavy atom. The first-order valence-corrected chi connectivity index (χ1v) is 20.8. The Labute approximate surface area is 343 Å². The minimum atomic E-state index is -1.40. The van der Waals surface area contributed by atoms with Gasteiger partial charge < -0.3 is 43.2 Å². The molecule has 0 spiro atoms. The molecule has 0 aromatic carbocycles. The minimum Gasteiger partial charge on any atom is -0.458 e. The van der Waals surface area contributed by atoms with Gasteiger partial charge in [0.2, 0.25) is 0 Å². The zero-order chi connectivity index (χ0) is 42.7. The summed E-state index contributed by atoms with van der Waals surface area (Å²) in [6.45, 7) is 14.9. The van der Waals surface area contributed by atoms with Gasteiger partial charge in [-0.2, -0.15) is 0 Å². The number of nitrogens with zero attached hydrogens (tertiary/aromatic N) is 5. The number of pyridine rings is 1. The first-order chi connectivity index (χ1) is 27.4. The highest BCUT2D eigenvalue weighted by Gasteiger charge is 2.60. The van der Waals surface area contributed by atoms with Crippen molar-refractivity contribution in [1.29, 1.82) is 0 Å². The summed E-state index contributed by atoms with van der Waals surface area (Å²) < 4.78 is 33.2. The van der Waals surface area contributed by atoms with E-state index in [0.29, 0.717) is 32.4 Å². The molecule has 58 heavy (non-hydrogen) atoms. The summed E-state index contributed by atoms with van der Waals surface area (Å²) in [5.41, 5.74) is -0.938. The predicted octanol–water partition coefficient (Wildman–Crippen LogP) is 4.93. The Bertz CT molecular complexity index is 1740. The Morgan fingerprint density at radius 1 is 1.02 bits per heavy atom. The summed E-state index contributed by atoms with van der Waals surface area (Å²) in [5.74, 6) is -4.95. The molecule has 13 atom stereocenters. The van der Waals surface area contributed by atoms with E-state index < -0.39 is 83.4 Å². The van der Waals surface area contributed by atoms with Crippen molar-refractivity contribution < 1.29 is 48.0 Å². The van der Waals surface area contributed by atoms with Crippen LogP contribution in [0.2, 0.25) is 0 Å². The number of fused-ring (bicyclic) bond motifs is 1. The summed E-state index contributed by atoms with van der Waals surface area (Å²) in [6.07, 6.45) is 4.45. The summed E-state index contributed by atoms with van der Waals surface area (Å²) in [7, 11) is 5.24. The first-order valence-electron chi connectivity index (χ1n) is 20.8. The number of likely N-dealkylation sites (N-methyl/N-ethyl adjacent to an activating group) is 1. The molecule has 15 heteroatoms. The Kier molecular flexibility index (Phi) is 14.6. The third-order valence-electron chi connectivity index (χ3n) is 12.8. The van der Waals surface area contributed by atoms with E-state index in [9.17, 15) is 24.3 Å². The molecule has 0 saturated carbocycles. The van der Waals surface area contributed by atoms with Gasteiger partial charge in [0.05, 0.1) is 35.9 Å². The van der Waals surface area contributed by atoms with Crippen LogP contribution in [0.1, 0.15) is 87.5 Å². The number of aliphatic hydroxyl groups is 1. The van der Waals surface area contributed by atoms with Crippen molar-refractivity contribution in [3.8, 4) is 11.3 Å². The van der Waals surface area contributed by atoms with Crippen LogP contribution >= 0.6 is 0 Å². The largest absolute Gasteiger partial charge is 0.458 e. The maximum absolute atomic E-state index is 14.7. The van der Waals surface area contributed by atoms with Crippen LogP contribution in [0.15, 0.2) is 37.1 Å². The van der Waals surface area contributed by atoms with E-state index in [2.05, 4.69) is 9.97 Å². The summed E-state index contributed by atoms with van der Waals surface area (Å²) in [6, 6.07) is 2.74. The monoisotopic (exact) mass is 811 g/mol. The zero-order valence-electron chi connectivity index (χ0n) is 36.1. The molecular formula is C43H65N5O10. The lowest BCUT2D eigenvalue weighted by Gasteiger charge is -2.47. The third kappa shape index (κ3) is 9.33. The van der Waals surface area contributed by atoms with Crippen LogP contribution in [0.4, 0.5) is 4.79 Å². The van der Waals surface area contributed by atoms with Crippen LogP contribution in [0.3, 0.4) is 0 Å². The highest BCUT2D eigenvalue weighted by molar-refractivity contribution is 6.00. The van der Waals surface area contributed by atoms with Crippen LogP contribution in [0.5, 0.6) is 0 Å². The van der Waals surface area contributed by atoms with E-state index >= 15 is 0 Å². The summed E-state index contributed by atoms with van der Waals surface area (Å²) >= 11 is 0. The van der Waals surface area contributed by atoms with Gasteiger partial charge in [-0.25, -0.2) is 9.78 Å². The number of cyclic esters (lactones) is 1. The highest BCUT2D eigenvalue weighted by atomic mass is 16.7. The molecule has 0 bridgehead atoms. The topological polar surface area (TPSA) is 172 Å². The number of hydrogen-bond donors (Lipinski definition) is 1. The molecular weight excluding hydrogens is 746 g/mol. The lowest BCUT2D eigenvalue weighted by molar-refractivity contribution is -0.295. The molecule has 5 heterocycles. The van der Waals surface area contributed by atoms with Crippen molar-refractivity contribution in [1.82, 2.24) is 24.3 Å². The van der Waals surface area contributed by atoms with Crippen molar-refractivity contribution in [2.75, 3.05) is 27.7 Å². The maximum Gasteiger partial charge on any atom is 0.410 e. The van der Waals surface area contributed by atoms with Crippen LogP contribution in [0, 0.1) is 23.7 Å². The molecule has 0 aliphatic carbocycles. The maximum atomic E-state index is 14.7. The Balaban J connectivity index is 1.43. The van der Waals surface area contributed by atoms with Crippen molar-refractivity contribution in [3.05, 3.63) is 37.1 Å². The second-order valence-corrected chi connectivity index (χ2v) is 17.3. The molecule has 15 nitrogen and oxygen atoms in total. The van der Waals surface area contributed by atoms with Gasteiger partial charge in [0, 0.05) is 68.1 Å². The number of amides is 1. The fourth-order valence-electron chi connectivity index (χ4n) is 9.43. The lowest BCUT2D eigenvalue weighted by Crippen LogP contribution is -2.60. The number of imidazole rings is 1. The van der Waals surface area contributed by atoms with Crippen molar-refractivity contribution in [2.24, 2.45) is 23.7 Å². The van der Waals surface area contributed by atoms with Gasteiger partial charge >= 0.3 is 12.1 Å². The van der Waals surface area contributed by atoms with Crippen LogP contribution in [-0.2, 0) is 44.6 Å². The molecule has 1 unspecified atom stereocenters. The standard InChI is InChI=1S/C43H65N5O10/c1-12-33-43(8)37(48(41(53)58-43)19-14-13-18-47-23-31(45-24-47)30-16-15-17-44-22-30)27(4)34(49)25(2)21-42(7,54-11)38(28(5)35(50)29(6)39(52)56-33)57-40-36(51)32(46(9)10)20-26(3)55-40/h15-17,22-29,32-33,36-38,40,51H,12-14,18-21H2,1-11H3/t25-,26-,27-,28+,29-,32+,33-,36-,37-,38-,40?,42+,43-/m1/s1. The smallest absolute Gasteiger partial charge is 0.410 e. The number of unbranched alkanes of at least 4 members (excludes halogenated alkanes) is 1. The second kappa shape index (κ2) is 18.7. The van der Waals surface area contributed by atoms with Gasteiger partial charge in [0.15, 0.2) is 17.7 Å². The molecule has 3 aliphatic rings. The van der Waals surface area contributed by atoms with Gasteiger partial charge in [0.25, 0.3) is 0 Å². The molecule has 3 saturated heterocycles. The van der Waals surface area contributed by atoms with Crippen LogP contribution < -0.4 is 0 Å². The third-order valence-corrected chi connectivity index (χ3v) is 12.8. The molecule has 2 aromatic rings. The SMILES string of the molecule is CC[C@H]1OC(=O)[C@H](C)C(=O)[C@H](C)[C@@H](OC2O[C@H](C)C[C@H](N(C)C)[C@H]2O)[C@@](C)(OC)C[C@@H](C)C(=O)[C@@H](C)[C@H]2N(CCCCn3cnc(-c4cccnc4)c3)C(=O)O[C@]12C. The number of ketones is 2. The molecule has 3 aliphatic heterocycles. The van der Waals surface area contributed by atoms with Gasteiger partial charge in [-0.1, -0.05) is 27.7 Å².